The van der Waals surface area contributed by atoms with E-state index in [1.54, 1.807) is 0 Å². The Hall–Kier alpha value is -0.640. The molecule has 3 rings (SSSR count). The van der Waals surface area contributed by atoms with Gasteiger partial charge in [-0.25, -0.2) is 0 Å². The Labute approximate surface area is 192 Å². The van der Waals surface area contributed by atoms with Crippen LogP contribution in [0.2, 0.25) is 0 Å². The minimum atomic E-state index is 0. The topological polar surface area (TPSA) is 39.7 Å². The molecule has 1 aliphatic rings. The van der Waals surface area contributed by atoms with E-state index in [0.29, 0.717) is 6.04 Å². The van der Waals surface area contributed by atoms with Gasteiger partial charge in [-0.15, -0.1) is 35.3 Å². The second kappa shape index (κ2) is 12.0. The number of guanidine groups is 1. The minimum Gasteiger partial charge on any atom is -0.356 e. The Balaban J connectivity index is 0.00000261. The first kappa shape index (κ1) is 22.6. The van der Waals surface area contributed by atoms with Gasteiger partial charge in [0.15, 0.2) is 5.96 Å². The van der Waals surface area contributed by atoms with Gasteiger partial charge in [0.1, 0.15) is 0 Å². The van der Waals surface area contributed by atoms with Crippen molar-refractivity contribution in [2.45, 2.75) is 31.8 Å². The molecule has 1 aromatic heterocycles. The van der Waals surface area contributed by atoms with Crippen molar-refractivity contribution in [1.82, 2.24) is 15.5 Å². The summed E-state index contributed by atoms with van der Waals surface area (Å²) in [7, 11) is 1.85. The molecule has 2 N–H and O–H groups in total. The Morgan fingerprint density at radius 1 is 1.22 bits per heavy atom. The van der Waals surface area contributed by atoms with Crippen molar-refractivity contribution in [2.75, 3.05) is 26.7 Å². The summed E-state index contributed by atoms with van der Waals surface area (Å²) >= 11 is 5.31. The lowest BCUT2D eigenvalue weighted by Crippen LogP contribution is -2.48. The Morgan fingerprint density at radius 2 is 1.96 bits per heavy atom. The van der Waals surface area contributed by atoms with Gasteiger partial charge in [0.05, 0.1) is 0 Å². The second-order valence-corrected chi connectivity index (χ2v) is 8.60. The van der Waals surface area contributed by atoms with E-state index >= 15 is 0 Å². The summed E-state index contributed by atoms with van der Waals surface area (Å²) in [6.07, 6.45) is 3.36. The quantitative estimate of drug-likeness (QED) is 0.309. The molecule has 27 heavy (non-hydrogen) atoms. The van der Waals surface area contributed by atoms with Crippen molar-refractivity contribution >= 4 is 57.2 Å². The smallest absolute Gasteiger partial charge is 0.191 e. The van der Waals surface area contributed by atoms with Crippen LogP contribution in [0.1, 0.15) is 23.3 Å². The molecule has 0 radical (unpaired) electrons. The van der Waals surface area contributed by atoms with Gasteiger partial charge in [-0.05, 0) is 48.4 Å². The summed E-state index contributed by atoms with van der Waals surface area (Å²) < 4.78 is 1.14. The summed E-state index contributed by atoms with van der Waals surface area (Å²) in [5, 5.41) is 9.16. The van der Waals surface area contributed by atoms with Crippen molar-refractivity contribution < 1.29 is 0 Å². The maximum absolute atomic E-state index is 4.38. The molecule has 0 unspecified atom stereocenters. The Kier molecular flexibility index (Phi) is 10.1. The van der Waals surface area contributed by atoms with E-state index in [1.165, 1.54) is 10.4 Å². The number of piperidine rings is 1. The van der Waals surface area contributed by atoms with Crippen molar-refractivity contribution in [3.8, 4) is 0 Å². The number of likely N-dealkylation sites (tertiary alicyclic amines) is 1. The molecule has 0 atom stereocenters. The van der Waals surface area contributed by atoms with Gasteiger partial charge < -0.3 is 10.6 Å². The van der Waals surface area contributed by atoms with Gasteiger partial charge >= 0.3 is 0 Å². The molecule has 7 heteroatoms. The molecule has 1 saturated heterocycles. The van der Waals surface area contributed by atoms with Crippen LogP contribution in [0.25, 0.3) is 0 Å². The molecule has 148 valence electrons. The first-order valence-corrected chi connectivity index (χ1v) is 10.9. The Bertz CT molecular complexity index is 683. The predicted octanol–water partition coefficient (Wildman–Crippen LogP) is 4.50. The second-order valence-electron chi connectivity index (χ2n) is 6.65. The SMILES string of the molecule is CN=C(NCCc1cccs1)NC1CCN(Cc2ccc(Br)cc2)CC1.I. The van der Waals surface area contributed by atoms with Crippen LogP contribution in [-0.2, 0) is 13.0 Å². The van der Waals surface area contributed by atoms with E-state index in [4.69, 9.17) is 0 Å². The fourth-order valence-electron chi connectivity index (χ4n) is 3.23. The molecule has 1 aromatic carbocycles. The molecule has 0 bridgehead atoms. The fraction of sp³-hybridized carbons (Fsp3) is 0.450. The van der Waals surface area contributed by atoms with E-state index in [0.717, 1.165) is 55.9 Å². The first-order valence-electron chi connectivity index (χ1n) is 9.19. The molecule has 2 aromatic rings. The van der Waals surface area contributed by atoms with Crippen molar-refractivity contribution in [3.63, 3.8) is 0 Å². The van der Waals surface area contributed by atoms with Crippen LogP contribution in [0, 0.1) is 0 Å². The normalized spacial score (nSPS) is 16.0. The summed E-state index contributed by atoms with van der Waals surface area (Å²) in [4.78, 5) is 8.32. The summed E-state index contributed by atoms with van der Waals surface area (Å²) in [5.74, 6) is 0.924. The maximum Gasteiger partial charge on any atom is 0.191 e. The highest BCUT2D eigenvalue weighted by Crippen LogP contribution is 2.16. The average molecular weight is 563 g/mol. The van der Waals surface area contributed by atoms with E-state index < -0.39 is 0 Å². The third-order valence-electron chi connectivity index (χ3n) is 4.72. The summed E-state index contributed by atoms with van der Waals surface area (Å²) in [5.41, 5.74) is 1.38. The number of nitrogens with one attached hydrogen (secondary N) is 2. The molecular formula is C20H28BrIN4S. The maximum atomic E-state index is 4.38. The van der Waals surface area contributed by atoms with Crippen LogP contribution in [0.15, 0.2) is 51.2 Å². The van der Waals surface area contributed by atoms with E-state index in [2.05, 4.69) is 78.2 Å². The molecule has 1 fully saturated rings. The average Bonchev–Trinajstić information content (AvgIpc) is 3.18. The number of nitrogens with zero attached hydrogens (tertiary/aromatic N) is 2. The molecule has 4 nitrogen and oxygen atoms in total. The zero-order valence-electron chi connectivity index (χ0n) is 15.7. The van der Waals surface area contributed by atoms with Crippen LogP contribution >= 0.6 is 51.2 Å². The zero-order valence-corrected chi connectivity index (χ0v) is 20.4. The van der Waals surface area contributed by atoms with Crippen LogP contribution in [-0.4, -0.2) is 43.6 Å². The van der Waals surface area contributed by atoms with E-state index in [1.807, 2.05) is 18.4 Å². The van der Waals surface area contributed by atoms with Crippen molar-refractivity contribution in [1.29, 1.82) is 0 Å². The number of thiophene rings is 1. The van der Waals surface area contributed by atoms with Crippen molar-refractivity contribution in [3.05, 3.63) is 56.7 Å². The van der Waals surface area contributed by atoms with Gasteiger partial charge in [0.2, 0.25) is 0 Å². The number of halogens is 2. The predicted molar refractivity (Wildman–Crippen MR) is 130 cm³/mol. The van der Waals surface area contributed by atoms with E-state index in [9.17, 15) is 0 Å². The molecule has 0 aliphatic carbocycles. The van der Waals surface area contributed by atoms with Crippen LogP contribution in [0.3, 0.4) is 0 Å². The van der Waals surface area contributed by atoms with Gasteiger partial charge in [-0.2, -0.15) is 0 Å². The molecular weight excluding hydrogens is 535 g/mol. The lowest BCUT2D eigenvalue weighted by molar-refractivity contribution is 0.198. The van der Waals surface area contributed by atoms with Gasteiger partial charge in [0.25, 0.3) is 0 Å². The Morgan fingerprint density at radius 3 is 2.59 bits per heavy atom. The van der Waals surface area contributed by atoms with Gasteiger partial charge in [-0.3, -0.25) is 9.89 Å². The van der Waals surface area contributed by atoms with Gasteiger partial charge in [-0.1, -0.05) is 34.1 Å². The number of benzene rings is 1. The third-order valence-corrected chi connectivity index (χ3v) is 6.18. The highest BCUT2D eigenvalue weighted by Gasteiger charge is 2.20. The highest BCUT2D eigenvalue weighted by atomic mass is 127. The third kappa shape index (κ3) is 7.71. The molecule has 2 heterocycles. The van der Waals surface area contributed by atoms with Crippen molar-refractivity contribution in [2.24, 2.45) is 4.99 Å². The zero-order chi connectivity index (χ0) is 18.2. The minimum absolute atomic E-state index is 0. The lowest BCUT2D eigenvalue weighted by Gasteiger charge is -2.33. The summed E-state index contributed by atoms with van der Waals surface area (Å²) in [6, 6.07) is 13.4. The highest BCUT2D eigenvalue weighted by molar-refractivity contribution is 14.0. The summed E-state index contributed by atoms with van der Waals surface area (Å²) in [6.45, 7) is 4.20. The number of aliphatic imine (C=N–C) groups is 1. The van der Waals surface area contributed by atoms with Crippen LogP contribution in [0.4, 0.5) is 0 Å². The molecule has 0 spiro atoms. The number of rotatable bonds is 6. The van der Waals surface area contributed by atoms with Gasteiger partial charge in [0, 0.05) is 48.6 Å². The largest absolute Gasteiger partial charge is 0.356 e. The van der Waals surface area contributed by atoms with Crippen LogP contribution in [0.5, 0.6) is 0 Å². The standard InChI is InChI=1S/C20H27BrN4S.HI/c1-22-20(23-11-8-19-3-2-14-26-19)24-18-9-12-25(13-10-18)15-16-4-6-17(21)7-5-16;/h2-7,14,18H,8-13,15H2,1H3,(H2,22,23,24);1H. The molecule has 1 aliphatic heterocycles. The number of hydrogen-bond donors (Lipinski definition) is 2. The van der Waals surface area contributed by atoms with Crippen LogP contribution < -0.4 is 10.6 Å². The first-order chi connectivity index (χ1) is 12.7. The fourth-order valence-corrected chi connectivity index (χ4v) is 4.20. The van der Waals surface area contributed by atoms with E-state index in [-0.39, 0.29) is 24.0 Å². The molecule has 0 saturated carbocycles. The molecule has 0 amide bonds. The number of hydrogen-bond acceptors (Lipinski definition) is 3. The lowest BCUT2D eigenvalue weighted by atomic mass is 10.0. The monoisotopic (exact) mass is 562 g/mol.